The molecule has 0 radical (unpaired) electrons. The number of carbonyl (C=O) groups excluding carboxylic acids is 1. The predicted molar refractivity (Wildman–Crippen MR) is 124 cm³/mol. The number of amides is 1. The first-order valence-corrected chi connectivity index (χ1v) is 11.3. The minimum absolute atomic E-state index is 0.00957. The molecule has 6 nitrogen and oxygen atoms in total. The average molecular weight is 475 g/mol. The fourth-order valence-electron chi connectivity index (χ4n) is 4.66. The van der Waals surface area contributed by atoms with Gasteiger partial charge in [-0.05, 0) is 53.8 Å². The molecule has 1 amide bonds. The summed E-state index contributed by atoms with van der Waals surface area (Å²) < 4.78 is 42.7. The van der Waals surface area contributed by atoms with Gasteiger partial charge in [-0.25, -0.2) is 4.98 Å². The van der Waals surface area contributed by atoms with Gasteiger partial charge in [-0.15, -0.1) is 10.2 Å². The number of alkyl halides is 3. The van der Waals surface area contributed by atoms with Crippen molar-refractivity contribution in [2.75, 3.05) is 4.90 Å². The number of carbonyl (C=O) groups is 1. The van der Waals surface area contributed by atoms with E-state index in [0.29, 0.717) is 11.6 Å². The van der Waals surface area contributed by atoms with Crippen molar-refractivity contribution in [3.8, 4) is 22.5 Å². The predicted octanol–water partition coefficient (Wildman–Crippen LogP) is 5.60. The molecule has 0 bridgehead atoms. The number of halogens is 3. The Labute approximate surface area is 199 Å². The summed E-state index contributed by atoms with van der Waals surface area (Å²) in [5, 5.41) is 8.23. The molecule has 0 N–H and O–H groups in total. The SMILES string of the molecule is Cn1cnnc1-c1ccccc1-c1cc(C2CC2)nc(N2Cc3c(cccc3C(F)(F)F)C2=O)c1. The maximum Gasteiger partial charge on any atom is 0.416 e. The zero-order valence-electron chi connectivity index (χ0n) is 18.8. The number of hydrogen-bond acceptors (Lipinski definition) is 4. The molecule has 1 fully saturated rings. The number of hydrogen-bond donors (Lipinski definition) is 0. The second-order valence-corrected chi connectivity index (χ2v) is 8.94. The first kappa shape index (κ1) is 21.5. The highest BCUT2D eigenvalue weighted by atomic mass is 19.4. The summed E-state index contributed by atoms with van der Waals surface area (Å²) in [7, 11) is 1.86. The molecule has 176 valence electrons. The standard InChI is InChI=1S/C26H20F3N5O/c1-33-14-30-32-24(33)18-6-3-2-5-17(18)16-11-22(15-9-10-15)31-23(12-16)34-13-20-19(25(34)35)7-4-8-21(20)26(27,28)29/h2-8,11-12,14-15H,9-10,13H2,1H3. The van der Waals surface area contributed by atoms with Gasteiger partial charge in [0, 0.05) is 29.8 Å². The topological polar surface area (TPSA) is 63.9 Å². The molecular weight excluding hydrogens is 455 g/mol. The lowest BCUT2D eigenvalue weighted by molar-refractivity contribution is -0.138. The van der Waals surface area contributed by atoms with E-state index < -0.39 is 17.6 Å². The van der Waals surface area contributed by atoms with Crippen LogP contribution in [0.4, 0.5) is 19.0 Å². The van der Waals surface area contributed by atoms with Crippen molar-refractivity contribution < 1.29 is 18.0 Å². The summed E-state index contributed by atoms with van der Waals surface area (Å²) >= 11 is 0. The minimum atomic E-state index is -4.54. The van der Waals surface area contributed by atoms with Crippen molar-refractivity contribution in [3.63, 3.8) is 0 Å². The van der Waals surface area contributed by atoms with Crippen molar-refractivity contribution >= 4 is 11.7 Å². The second-order valence-electron chi connectivity index (χ2n) is 8.94. The van der Waals surface area contributed by atoms with E-state index in [-0.39, 0.29) is 23.6 Å². The first-order valence-electron chi connectivity index (χ1n) is 11.3. The number of pyridine rings is 1. The Hall–Kier alpha value is -4.01. The molecule has 2 aromatic carbocycles. The number of aryl methyl sites for hydroxylation is 1. The van der Waals surface area contributed by atoms with E-state index in [4.69, 9.17) is 4.98 Å². The molecule has 1 saturated carbocycles. The normalized spacial score (nSPS) is 15.5. The van der Waals surface area contributed by atoms with Crippen LogP contribution in [0.3, 0.4) is 0 Å². The monoisotopic (exact) mass is 475 g/mol. The highest BCUT2D eigenvalue weighted by Crippen LogP contribution is 2.44. The van der Waals surface area contributed by atoms with E-state index in [0.717, 1.165) is 41.3 Å². The van der Waals surface area contributed by atoms with Crippen molar-refractivity contribution in [3.05, 3.63) is 83.3 Å². The highest BCUT2D eigenvalue weighted by Gasteiger charge is 2.40. The summed E-state index contributed by atoms with van der Waals surface area (Å²) in [6.07, 6.45) is -0.927. The quantitative estimate of drug-likeness (QED) is 0.385. The fourth-order valence-corrected chi connectivity index (χ4v) is 4.66. The Balaban J connectivity index is 1.47. The van der Waals surface area contributed by atoms with Gasteiger partial charge in [-0.3, -0.25) is 9.69 Å². The van der Waals surface area contributed by atoms with Gasteiger partial charge in [-0.1, -0.05) is 30.3 Å². The van der Waals surface area contributed by atoms with E-state index >= 15 is 0 Å². The van der Waals surface area contributed by atoms with E-state index in [9.17, 15) is 18.0 Å². The van der Waals surface area contributed by atoms with Crippen molar-refractivity contribution in [1.29, 1.82) is 0 Å². The molecule has 9 heteroatoms. The van der Waals surface area contributed by atoms with Crippen molar-refractivity contribution in [2.45, 2.75) is 31.5 Å². The van der Waals surface area contributed by atoms with Crippen LogP contribution in [-0.2, 0) is 19.8 Å². The molecule has 2 aromatic heterocycles. The minimum Gasteiger partial charge on any atom is -0.317 e. The third-order valence-corrected chi connectivity index (χ3v) is 6.57. The number of fused-ring (bicyclic) bond motifs is 1. The molecule has 4 aromatic rings. The highest BCUT2D eigenvalue weighted by molar-refractivity contribution is 6.10. The van der Waals surface area contributed by atoms with Crippen LogP contribution in [0.15, 0.2) is 60.9 Å². The number of aromatic nitrogens is 4. The molecule has 35 heavy (non-hydrogen) atoms. The number of nitrogens with zero attached hydrogens (tertiary/aromatic N) is 5. The largest absolute Gasteiger partial charge is 0.416 e. The Morgan fingerprint density at radius 3 is 2.40 bits per heavy atom. The van der Waals surface area contributed by atoms with Gasteiger partial charge < -0.3 is 4.57 Å². The molecule has 1 aliphatic carbocycles. The summed E-state index contributed by atoms with van der Waals surface area (Å²) in [6, 6.07) is 15.3. The van der Waals surface area contributed by atoms with Crippen LogP contribution >= 0.6 is 0 Å². The summed E-state index contributed by atoms with van der Waals surface area (Å²) in [5.74, 6) is 0.846. The second kappa shape index (κ2) is 7.76. The lowest BCUT2D eigenvalue weighted by Crippen LogP contribution is -2.24. The molecule has 0 atom stereocenters. The van der Waals surface area contributed by atoms with E-state index in [1.165, 1.54) is 17.0 Å². The zero-order valence-corrected chi connectivity index (χ0v) is 18.8. The maximum absolute atomic E-state index is 13.6. The molecular formula is C26H20F3N5O. The van der Waals surface area contributed by atoms with Crippen LogP contribution in [0.2, 0.25) is 0 Å². The van der Waals surface area contributed by atoms with Gasteiger partial charge in [-0.2, -0.15) is 13.2 Å². The van der Waals surface area contributed by atoms with Crippen molar-refractivity contribution in [2.24, 2.45) is 7.05 Å². The average Bonchev–Trinajstić information content (AvgIpc) is 3.53. The van der Waals surface area contributed by atoms with E-state index in [2.05, 4.69) is 10.2 Å². The lowest BCUT2D eigenvalue weighted by atomic mass is 9.98. The van der Waals surface area contributed by atoms with Crippen LogP contribution in [0.25, 0.3) is 22.5 Å². The van der Waals surface area contributed by atoms with Gasteiger partial charge >= 0.3 is 6.18 Å². The van der Waals surface area contributed by atoms with Gasteiger partial charge in [0.1, 0.15) is 12.1 Å². The van der Waals surface area contributed by atoms with Gasteiger partial charge in [0.2, 0.25) is 0 Å². The summed E-state index contributed by atoms with van der Waals surface area (Å²) in [5.41, 5.74) is 2.69. The number of rotatable bonds is 4. The molecule has 0 unspecified atom stereocenters. The van der Waals surface area contributed by atoms with E-state index in [1.54, 1.807) is 12.4 Å². The van der Waals surface area contributed by atoms with Crippen LogP contribution < -0.4 is 4.90 Å². The number of benzene rings is 2. The lowest BCUT2D eigenvalue weighted by Gasteiger charge is -2.19. The molecule has 0 spiro atoms. The maximum atomic E-state index is 13.6. The van der Waals surface area contributed by atoms with Crippen LogP contribution in [0, 0.1) is 0 Å². The Bertz CT molecular complexity index is 1470. The molecule has 6 rings (SSSR count). The third kappa shape index (κ3) is 3.67. The van der Waals surface area contributed by atoms with Crippen molar-refractivity contribution in [1.82, 2.24) is 19.7 Å². The fraction of sp³-hybridized carbons (Fsp3) is 0.231. The first-order chi connectivity index (χ1) is 16.8. The Kier molecular flexibility index (Phi) is 4.77. The van der Waals surface area contributed by atoms with Crippen LogP contribution in [-0.4, -0.2) is 25.7 Å². The van der Waals surface area contributed by atoms with E-state index in [1.807, 2.05) is 41.9 Å². The summed E-state index contributed by atoms with van der Waals surface area (Å²) in [6.45, 7) is -0.171. The van der Waals surface area contributed by atoms with Gasteiger partial charge in [0.25, 0.3) is 5.91 Å². The number of anilines is 1. The Morgan fingerprint density at radius 2 is 1.71 bits per heavy atom. The third-order valence-electron chi connectivity index (χ3n) is 6.57. The molecule has 3 heterocycles. The molecule has 2 aliphatic rings. The smallest absolute Gasteiger partial charge is 0.317 e. The van der Waals surface area contributed by atoms with Crippen LogP contribution in [0.5, 0.6) is 0 Å². The van der Waals surface area contributed by atoms with Gasteiger partial charge in [0.15, 0.2) is 5.82 Å². The summed E-state index contributed by atoms with van der Waals surface area (Å²) in [4.78, 5) is 19.3. The zero-order chi connectivity index (χ0) is 24.3. The Morgan fingerprint density at radius 1 is 0.971 bits per heavy atom. The van der Waals surface area contributed by atoms with Gasteiger partial charge in [0.05, 0.1) is 12.1 Å². The molecule has 1 aliphatic heterocycles. The molecule has 0 saturated heterocycles. The van der Waals surface area contributed by atoms with Crippen LogP contribution in [0.1, 0.15) is 45.9 Å².